The molecule has 102 valence electrons. The number of anilines is 1. The Kier molecular flexibility index (Phi) is 3.48. The minimum absolute atomic E-state index is 0.0449. The number of alkyl halides is 1. The van der Waals surface area contributed by atoms with E-state index in [9.17, 15) is 9.18 Å². The van der Waals surface area contributed by atoms with Crippen LogP contribution < -0.4 is 5.32 Å². The molecule has 1 saturated carbocycles. The number of hydrogen-bond acceptors (Lipinski definition) is 1. The molecule has 2 nitrogen and oxygen atoms in total. The van der Waals surface area contributed by atoms with Crippen molar-refractivity contribution in [3.05, 3.63) is 29.1 Å². The Morgan fingerprint density at radius 3 is 2.84 bits per heavy atom. The van der Waals surface area contributed by atoms with Gasteiger partial charge in [0.1, 0.15) is 5.82 Å². The lowest BCUT2D eigenvalue weighted by Crippen LogP contribution is -2.20. The number of carbonyl (C=O) groups excluding carboxylic acids is 1. The van der Waals surface area contributed by atoms with Gasteiger partial charge in [-0.3, -0.25) is 4.79 Å². The number of halogens is 2. The Morgan fingerprint density at radius 2 is 2.16 bits per heavy atom. The Labute approximate surface area is 117 Å². The van der Waals surface area contributed by atoms with E-state index in [0.717, 1.165) is 12.0 Å². The van der Waals surface area contributed by atoms with Crippen LogP contribution in [0.2, 0.25) is 0 Å². The zero-order valence-electron chi connectivity index (χ0n) is 10.7. The first kappa shape index (κ1) is 12.9. The van der Waals surface area contributed by atoms with Crippen LogP contribution in [-0.4, -0.2) is 5.91 Å². The zero-order chi connectivity index (χ0) is 13.4. The van der Waals surface area contributed by atoms with E-state index in [4.69, 9.17) is 11.6 Å². The first-order valence-electron chi connectivity index (χ1n) is 6.89. The zero-order valence-corrected chi connectivity index (χ0v) is 11.5. The topological polar surface area (TPSA) is 29.1 Å². The summed E-state index contributed by atoms with van der Waals surface area (Å²) < 4.78 is 14.1. The van der Waals surface area contributed by atoms with E-state index in [0.29, 0.717) is 30.0 Å². The predicted molar refractivity (Wildman–Crippen MR) is 73.9 cm³/mol. The van der Waals surface area contributed by atoms with Crippen LogP contribution in [0.25, 0.3) is 0 Å². The summed E-state index contributed by atoms with van der Waals surface area (Å²) in [4.78, 5) is 11.3. The van der Waals surface area contributed by atoms with E-state index in [1.54, 1.807) is 0 Å². The molecule has 0 aromatic heterocycles. The minimum atomic E-state index is -0.305. The van der Waals surface area contributed by atoms with E-state index in [1.165, 1.54) is 25.3 Å². The third-order valence-corrected chi connectivity index (χ3v) is 4.63. The van der Waals surface area contributed by atoms with Crippen molar-refractivity contribution >= 4 is 23.2 Å². The van der Waals surface area contributed by atoms with Gasteiger partial charge in [0, 0.05) is 17.7 Å². The number of carbonyl (C=O) groups is 1. The number of nitrogens with one attached hydrogen (secondary N) is 1. The van der Waals surface area contributed by atoms with E-state index in [1.807, 2.05) is 6.07 Å². The summed E-state index contributed by atoms with van der Waals surface area (Å²) in [7, 11) is 0. The lowest BCUT2D eigenvalue weighted by molar-refractivity contribution is -0.116. The van der Waals surface area contributed by atoms with Gasteiger partial charge in [-0.1, -0.05) is 19.3 Å². The maximum absolute atomic E-state index is 14.1. The number of hydrogen-bond donors (Lipinski definition) is 1. The highest BCUT2D eigenvalue weighted by molar-refractivity contribution is 6.20. The van der Waals surface area contributed by atoms with Crippen molar-refractivity contribution in [3.8, 4) is 0 Å². The van der Waals surface area contributed by atoms with Crippen molar-refractivity contribution in [3.63, 3.8) is 0 Å². The molecule has 1 unspecified atom stereocenters. The van der Waals surface area contributed by atoms with Gasteiger partial charge in [-0.05, 0) is 36.5 Å². The molecule has 0 saturated heterocycles. The third kappa shape index (κ3) is 2.62. The van der Waals surface area contributed by atoms with Gasteiger partial charge in [-0.25, -0.2) is 4.39 Å². The summed E-state index contributed by atoms with van der Waals surface area (Å²) in [5.41, 5.74) is 2.18. The van der Waals surface area contributed by atoms with Crippen molar-refractivity contribution in [1.82, 2.24) is 0 Å². The number of amides is 1. The highest BCUT2D eigenvalue weighted by Crippen LogP contribution is 2.39. The Morgan fingerprint density at radius 1 is 1.37 bits per heavy atom. The van der Waals surface area contributed by atoms with Crippen molar-refractivity contribution < 1.29 is 9.18 Å². The second-order valence-corrected chi connectivity index (χ2v) is 6.11. The molecule has 0 radical (unpaired) electrons. The Balaban J connectivity index is 1.83. The molecule has 1 amide bonds. The maximum Gasteiger partial charge on any atom is 0.224 e. The van der Waals surface area contributed by atoms with Crippen LogP contribution >= 0.6 is 11.6 Å². The monoisotopic (exact) mass is 281 g/mol. The van der Waals surface area contributed by atoms with Gasteiger partial charge in [-0.2, -0.15) is 0 Å². The second kappa shape index (κ2) is 5.12. The minimum Gasteiger partial charge on any atom is -0.326 e. The first-order chi connectivity index (χ1) is 9.13. The highest BCUT2D eigenvalue weighted by Gasteiger charge is 2.25. The summed E-state index contributed by atoms with van der Waals surface area (Å²) in [6.07, 6.45) is 5.68. The molecule has 1 aliphatic carbocycles. The van der Waals surface area contributed by atoms with Crippen molar-refractivity contribution in [2.75, 3.05) is 5.32 Å². The van der Waals surface area contributed by atoms with Gasteiger partial charge in [0.2, 0.25) is 5.91 Å². The fraction of sp³-hybridized carbons (Fsp3) is 0.533. The van der Waals surface area contributed by atoms with E-state index >= 15 is 0 Å². The van der Waals surface area contributed by atoms with Crippen LogP contribution in [-0.2, 0) is 11.2 Å². The molecular formula is C15H17ClFNO. The lowest BCUT2D eigenvalue weighted by atomic mass is 9.81. The van der Waals surface area contributed by atoms with Gasteiger partial charge in [0.15, 0.2) is 0 Å². The van der Waals surface area contributed by atoms with Gasteiger partial charge in [0.05, 0.1) is 5.38 Å². The molecular weight excluding hydrogens is 265 g/mol. The molecule has 0 bridgehead atoms. The SMILES string of the molecule is O=C1CCc2cc(C(Cl)CC3CCC3)c(F)cc2N1. The largest absolute Gasteiger partial charge is 0.326 e. The summed E-state index contributed by atoms with van der Waals surface area (Å²) in [6, 6.07) is 3.25. The fourth-order valence-corrected chi connectivity index (χ4v) is 3.23. The summed E-state index contributed by atoms with van der Waals surface area (Å²) >= 11 is 6.36. The highest BCUT2D eigenvalue weighted by atomic mass is 35.5. The van der Waals surface area contributed by atoms with Crippen molar-refractivity contribution in [2.45, 2.75) is 43.9 Å². The van der Waals surface area contributed by atoms with Crippen LogP contribution in [0.1, 0.15) is 48.6 Å². The number of aryl methyl sites for hydroxylation is 1. The number of fused-ring (bicyclic) bond motifs is 1. The number of rotatable bonds is 3. The average molecular weight is 282 g/mol. The molecule has 1 fully saturated rings. The molecule has 1 aromatic rings. The van der Waals surface area contributed by atoms with Crippen LogP contribution in [0.4, 0.5) is 10.1 Å². The maximum atomic E-state index is 14.1. The summed E-state index contributed by atoms with van der Waals surface area (Å²) in [6.45, 7) is 0. The fourth-order valence-electron chi connectivity index (χ4n) is 2.81. The standard InChI is InChI=1S/C15H17ClFNO/c16-12(6-9-2-1-3-9)11-7-10-4-5-15(19)18-14(10)8-13(11)17/h7-9,12H,1-6H2,(H,18,19). The predicted octanol–water partition coefficient (Wildman–Crippen LogP) is 4.18. The molecule has 1 N–H and O–H groups in total. The first-order valence-corrected chi connectivity index (χ1v) is 7.33. The van der Waals surface area contributed by atoms with E-state index in [-0.39, 0.29) is 17.1 Å². The van der Waals surface area contributed by atoms with Crippen LogP contribution in [0.15, 0.2) is 12.1 Å². The Bertz CT molecular complexity index is 513. The second-order valence-electron chi connectivity index (χ2n) is 5.58. The molecule has 0 spiro atoms. The Hall–Kier alpha value is -1.09. The van der Waals surface area contributed by atoms with Crippen LogP contribution in [0.3, 0.4) is 0 Å². The van der Waals surface area contributed by atoms with Gasteiger partial charge in [0.25, 0.3) is 0 Å². The molecule has 2 aliphatic rings. The normalized spacial score (nSPS) is 20.4. The lowest BCUT2D eigenvalue weighted by Gasteiger charge is -2.28. The van der Waals surface area contributed by atoms with Crippen LogP contribution in [0, 0.1) is 11.7 Å². The quantitative estimate of drug-likeness (QED) is 0.828. The van der Waals surface area contributed by atoms with E-state index in [2.05, 4.69) is 5.32 Å². The molecule has 3 rings (SSSR count). The summed E-state index contributed by atoms with van der Waals surface area (Å²) in [5.74, 6) is 0.300. The number of benzene rings is 1. The molecule has 4 heteroatoms. The molecule has 1 atom stereocenters. The summed E-state index contributed by atoms with van der Waals surface area (Å²) in [5, 5.41) is 2.45. The smallest absolute Gasteiger partial charge is 0.224 e. The van der Waals surface area contributed by atoms with E-state index < -0.39 is 0 Å². The van der Waals surface area contributed by atoms with Gasteiger partial charge < -0.3 is 5.32 Å². The average Bonchev–Trinajstić information content (AvgIpc) is 2.32. The van der Waals surface area contributed by atoms with Gasteiger partial charge >= 0.3 is 0 Å². The molecule has 1 aromatic carbocycles. The molecule has 19 heavy (non-hydrogen) atoms. The molecule has 1 heterocycles. The van der Waals surface area contributed by atoms with Crippen molar-refractivity contribution in [1.29, 1.82) is 0 Å². The van der Waals surface area contributed by atoms with Crippen LogP contribution in [0.5, 0.6) is 0 Å². The van der Waals surface area contributed by atoms with Gasteiger partial charge in [-0.15, -0.1) is 11.6 Å². The molecule has 1 aliphatic heterocycles. The third-order valence-electron chi connectivity index (χ3n) is 4.22. The van der Waals surface area contributed by atoms with Crippen molar-refractivity contribution in [2.24, 2.45) is 5.92 Å².